The van der Waals surface area contributed by atoms with E-state index < -0.39 is 0 Å². The second kappa shape index (κ2) is 5.89. The van der Waals surface area contributed by atoms with E-state index in [0.29, 0.717) is 5.88 Å². The van der Waals surface area contributed by atoms with Crippen molar-refractivity contribution in [3.8, 4) is 11.6 Å². The van der Waals surface area contributed by atoms with Gasteiger partial charge in [0, 0.05) is 11.6 Å². The molecule has 0 saturated carbocycles. The molecule has 2 heteroatoms. The van der Waals surface area contributed by atoms with Gasteiger partial charge in [-0.25, -0.2) is 4.98 Å². The molecule has 4 aromatic rings. The minimum Gasteiger partial charge on any atom is -0.438 e. The van der Waals surface area contributed by atoms with Crippen LogP contribution >= 0.6 is 0 Å². The van der Waals surface area contributed by atoms with Crippen LogP contribution in [0.2, 0.25) is 0 Å². The van der Waals surface area contributed by atoms with Crippen molar-refractivity contribution in [2.45, 2.75) is 26.2 Å². The molecule has 0 spiro atoms. The van der Waals surface area contributed by atoms with Crippen molar-refractivity contribution in [1.29, 1.82) is 0 Å². The molecule has 0 unspecified atom stereocenters. The van der Waals surface area contributed by atoms with Crippen LogP contribution in [0.5, 0.6) is 11.6 Å². The molecule has 0 fully saturated rings. The number of hydrogen-bond donors (Lipinski definition) is 0. The molecule has 124 valence electrons. The molecule has 0 atom stereocenters. The second-order valence-corrected chi connectivity index (χ2v) is 7.38. The van der Waals surface area contributed by atoms with E-state index in [1.54, 1.807) is 0 Å². The quantitative estimate of drug-likeness (QED) is 0.393. The fourth-order valence-corrected chi connectivity index (χ4v) is 3.13. The lowest BCUT2D eigenvalue weighted by Crippen LogP contribution is -2.10. The highest BCUT2D eigenvalue weighted by Crippen LogP contribution is 2.33. The molecular formula is C23H21NO. The molecule has 0 saturated heterocycles. The first kappa shape index (κ1) is 15.6. The molecule has 3 aromatic carbocycles. The number of rotatable bonds is 2. The fourth-order valence-electron chi connectivity index (χ4n) is 3.13. The van der Waals surface area contributed by atoms with Gasteiger partial charge >= 0.3 is 0 Å². The van der Waals surface area contributed by atoms with Gasteiger partial charge in [0.1, 0.15) is 5.75 Å². The van der Waals surface area contributed by atoms with Gasteiger partial charge in [-0.1, -0.05) is 63.2 Å². The van der Waals surface area contributed by atoms with Crippen molar-refractivity contribution in [2.75, 3.05) is 0 Å². The summed E-state index contributed by atoms with van der Waals surface area (Å²) < 4.78 is 6.17. The lowest BCUT2D eigenvalue weighted by molar-refractivity contribution is 0.466. The molecule has 0 aliphatic rings. The molecule has 0 aliphatic heterocycles. The summed E-state index contributed by atoms with van der Waals surface area (Å²) in [6.07, 6.45) is 1.82. The maximum atomic E-state index is 6.17. The van der Waals surface area contributed by atoms with E-state index in [1.165, 1.54) is 16.3 Å². The molecule has 2 nitrogen and oxygen atoms in total. The first-order chi connectivity index (χ1) is 12.0. The van der Waals surface area contributed by atoms with Gasteiger partial charge in [0.15, 0.2) is 0 Å². The molecule has 0 radical (unpaired) electrons. The zero-order chi connectivity index (χ0) is 17.4. The lowest BCUT2D eigenvalue weighted by atomic mass is 9.87. The predicted octanol–water partition coefficient (Wildman–Crippen LogP) is 6.48. The van der Waals surface area contributed by atoms with E-state index in [4.69, 9.17) is 4.74 Å². The van der Waals surface area contributed by atoms with E-state index in [1.807, 2.05) is 18.3 Å². The van der Waals surface area contributed by atoms with E-state index >= 15 is 0 Å². The van der Waals surface area contributed by atoms with Crippen LogP contribution in [0.3, 0.4) is 0 Å². The number of hydrogen-bond acceptors (Lipinski definition) is 2. The maximum absolute atomic E-state index is 6.17. The van der Waals surface area contributed by atoms with Gasteiger partial charge in [0.05, 0.1) is 0 Å². The van der Waals surface area contributed by atoms with Crippen LogP contribution in [0.15, 0.2) is 72.9 Å². The topological polar surface area (TPSA) is 22.1 Å². The number of aromatic nitrogens is 1. The summed E-state index contributed by atoms with van der Waals surface area (Å²) >= 11 is 0. The van der Waals surface area contributed by atoms with E-state index in [-0.39, 0.29) is 5.41 Å². The highest BCUT2D eigenvalue weighted by atomic mass is 16.5. The molecule has 0 N–H and O–H groups in total. The largest absolute Gasteiger partial charge is 0.438 e. The molecule has 1 heterocycles. The van der Waals surface area contributed by atoms with Gasteiger partial charge in [-0.2, -0.15) is 0 Å². The van der Waals surface area contributed by atoms with Crippen molar-refractivity contribution in [1.82, 2.24) is 4.98 Å². The normalized spacial score (nSPS) is 11.8. The standard InChI is InChI=1S/C23H21NO/c1-23(2,3)17-8-6-9-18(15-17)25-22-21-12-11-16-7-4-5-10-19(16)20(21)13-14-24-22/h4-15H,1-3H3. The average molecular weight is 327 g/mol. The fraction of sp³-hybridized carbons (Fsp3) is 0.174. The first-order valence-corrected chi connectivity index (χ1v) is 8.57. The zero-order valence-electron chi connectivity index (χ0n) is 14.8. The highest BCUT2D eigenvalue weighted by Gasteiger charge is 2.15. The SMILES string of the molecule is CC(C)(C)c1cccc(Oc2nccc3c2ccc2ccccc23)c1. The van der Waals surface area contributed by atoms with Crippen LogP contribution in [-0.4, -0.2) is 4.98 Å². The molecule has 0 amide bonds. The third kappa shape index (κ3) is 2.96. The van der Waals surface area contributed by atoms with Crippen LogP contribution in [0.4, 0.5) is 0 Å². The van der Waals surface area contributed by atoms with Crippen LogP contribution in [0.25, 0.3) is 21.5 Å². The van der Waals surface area contributed by atoms with Crippen molar-refractivity contribution >= 4 is 21.5 Å². The number of ether oxygens (including phenoxy) is 1. The summed E-state index contributed by atoms with van der Waals surface area (Å²) in [6, 6.07) is 22.9. The second-order valence-electron chi connectivity index (χ2n) is 7.38. The Morgan fingerprint density at radius 3 is 2.44 bits per heavy atom. The molecular weight excluding hydrogens is 306 g/mol. The number of pyridine rings is 1. The summed E-state index contributed by atoms with van der Waals surface area (Å²) in [7, 11) is 0. The third-order valence-corrected chi connectivity index (χ3v) is 4.55. The van der Waals surface area contributed by atoms with Gasteiger partial charge in [0.2, 0.25) is 5.88 Å². The molecule has 25 heavy (non-hydrogen) atoms. The molecule has 1 aromatic heterocycles. The molecule has 0 bridgehead atoms. The Balaban J connectivity index is 1.81. The minimum absolute atomic E-state index is 0.0851. The Bertz CT molecular complexity index is 1060. The predicted molar refractivity (Wildman–Crippen MR) is 104 cm³/mol. The van der Waals surface area contributed by atoms with Crippen molar-refractivity contribution in [3.05, 3.63) is 78.5 Å². The Morgan fingerprint density at radius 2 is 1.60 bits per heavy atom. The van der Waals surface area contributed by atoms with Gasteiger partial charge in [-0.05, 0) is 51.4 Å². The summed E-state index contributed by atoms with van der Waals surface area (Å²) in [5.41, 5.74) is 1.33. The average Bonchev–Trinajstić information content (AvgIpc) is 2.61. The van der Waals surface area contributed by atoms with Crippen LogP contribution in [-0.2, 0) is 5.41 Å². The summed E-state index contributed by atoms with van der Waals surface area (Å²) in [4.78, 5) is 4.48. The number of nitrogens with zero attached hydrogens (tertiary/aromatic N) is 1. The summed E-state index contributed by atoms with van der Waals surface area (Å²) in [5.74, 6) is 1.47. The maximum Gasteiger partial charge on any atom is 0.227 e. The van der Waals surface area contributed by atoms with E-state index in [9.17, 15) is 0 Å². The Morgan fingerprint density at radius 1 is 0.760 bits per heavy atom. The van der Waals surface area contributed by atoms with Crippen LogP contribution < -0.4 is 4.74 Å². The zero-order valence-corrected chi connectivity index (χ0v) is 14.8. The van der Waals surface area contributed by atoms with E-state index in [0.717, 1.165) is 16.5 Å². The Hall–Kier alpha value is -2.87. The highest BCUT2D eigenvalue weighted by molar-refractivity contribution is 6.08. The Labute approximate surface area is 148 Å². The van der Waals surface area contributed by atoms with Crippen LogP contribution in [0.1, 0.15) is 26.3 Å². The van der Waals surface area contributed by atoms with Crippen molar-refractivity contribution < 1.29 is 4.74 Å². The van der Waals surface area contributed by atoms with Crippen molar-refractivity contribution in [3.63, 3.8) is 0 Å². The third-order valence-electron chi connectivity index (χ3n) is 4.55. The van der Waals surface area contributed by atoms with Gasteiger partial charge in [-0.15, -0.1) is 0 Å². The van der Waals surface area contributed by atoms with Crippen LogP contribution in [0, 0.1) is 0 Å². The smallest absolute Gasteiger partial charge is 0.227 e. The summed E-state index contributed by atoms with van der Waals surface area (Å²) in [6.45, 7) is 6.61. The van der Waals surface area contributed by atoms with Gasteiger partial charge < -0.3 is 4.74 Å². The molecule has 4 rings (SSSR count). The number of benzene rings is 3. The minimum atomic E-state index is 0.0851. The summed E-state index contributed by atoms with van der Waals surface area (Å²) in [5, 5.41) is 4.63. The lowest BCUT2D eigenvalue weighted by Gasteiger charge is -2.19. The molecule has 0 aliphatic carbocycles. The first-order valence-electron chi connectivity index (χ1n) is 8.57. The van der Waals surface area contributed by atoms with E-state index in [2.05, 4.69) is 80.4 Å². The van der Waals surface area contributed by atoms with Gasteiger partial charge in [-0.3, -0.25) is 0 Å². The Kier molecular flexibility index (Phi) is 3.69. The number of fused-ring (bicyclic) bond motifs is 3. The van der Waals surface area contributed by atoms with Gasteiger partial charge in [0.25, 0.3) is 0 Å². The monoisotopic (exact) mass is 327 g/mol. The van der Waals surface area contributed by atoms with Crippen molar-refractivity contribution in [2.24, 2.45) is 0 Å².